The van der Waals surface area contributed by atoms with E-state index in [-0.39, 0.29) is 18.2 Å². The summed E-state index contributed by atoms with van der Waals surface area (Å²) in [5, 5.41) is 13.0. The van der Waals surface area contributed by atoms with Gasteiger partial charge in [0.2, 0.25) is 0 Å². The van der Waals surface area contributed by atoms with Gasteiger partial charge >= 0.3 is 0 Å². The van der Waals surface area contributed by atoms with Crippen LogP contribution in [0.1, 0.15) is 6.92 Å². The highest BCUT2D eigenvalue weighted by molar-refractivity contribution is 5.91. The van der Waals surface area contributed by atoms with Gasteiger partial charge in [-0.2, -0.15) is 0 Å². The SMILES string of the molecule is C[C@H](CO)Nc1nc(-c2ccc(N3CCN(C)CC3)cc2)cc2ncn(C)c(=O)c12. The number of aromatic nitrogens is 3. The highest BCUT2D eigenvalue weighted by Gasteiger charge is 2.16. The lowest BCUT2D eigenvalue weighted by Gasteiger charge is -2.34. The summed E-state index contributed by atoms with van der Waals surface area (Å²) in [6.07, 6.45) is 1.52. The molecule has 4 rings (SSSR count). The summed E-state index contributed by atoms with van der Waals surface area (Å²) in [5.41, 5.74) is 3.31. The smallest absolute Gasteiger partial charge is 0.264 e. The first-order valence-electron chi connectivity index (χ1n) is 10.2. The molecule has 1 saturated heterocycles. The number of aliphatic hydroxyl groups excluding tert-OH is 1. The number of benzene rings is 1. The van der Waals surface area contributed by atoms with Crippen LogP contribution in [0.25, 0.3) is 22.2 Å². The van der Waals surface area contributed by atoms with Crippen molar-refractivity contribution in [2.45, 2.75) is 13.0 Å². The minimum absolute atomic E-state index is 0.0618. The number of pyridine rings is 1. The minimum Gasteiger partial charge on any atom is -0.394 e. The molecule has 2 N–H and O–H groups in total. The maximum absolute atomic E-state index is 12.7. The largest absolute Gasteiger partial charge is 0.394 e. The summed E-state index contributed by atoms with van der Waals surface area (Å²) in [4.78, 5) is 26.5. The Morgan fingerprint density at radius 1 is 1.13 bits per heavy atom. The van der Waals surface area contributed by atoms with Gasteiger partial charge in [0.25, 0.3) is 5.56 Å². The Hall–Kier alpha value is -2.97. The van der Waals surface area contributed by atoms with Crippen molar-refractivity contribution in [3.63, 3.8) is 0 Å². The van der Waals surface area contributed by atoms with Crippen LogP contribution in [0.15, 0.2) is 41.5 Å². The second-order valence-corrected chi connectivity index (χ2v) is 7.98. The van der Waals surface area contributed by atoms with E-state index in [1.54, 1.807) is 7.05 Å². The molecule has 1 fully saturated rings. The maximum Gasteiger partial charge on any atom is 0.264 e. The van der Waals surface area contributed by atoms with Gasteiger partial charge in [-0.25, -0.2) is 9.97 Å². The highest BCUT2D eigenvalue weighted by atomic mass is 16.3. The third kappa shape index (κ3) is 4.01. The molecule has 8 heteroatoms. The number of piperazine rings is 1. The van der Waals surface area contributed by atoms with Gasteiger partial charge in [-0.1, -0.05) is 12.1 Å². The van der Waals surface area contributed by atoms with Crippen LogP contribution in [0, 0.1) is 0 Å². The van der Waals surface area contributed by atoms with Gasteiger partial charge < -0.3 is 24.8 Å². The molecule has 0 aliphatic carbocycles. The van der Waals surface area contributed by atoms with E-state index in [1.165, 1.54) is 16.6 Å². The number of rotatable bonds is 5. The molecular weight excluding hydrogens is 380 g/mol. The molecular formula is C22H28N6O2. The first-order chi connectivity index (χ1) is 14.5. The van der Waals surface area contributed by atoms with Gasteiger partial charge in [-0.3, -0.25) is 4.79 Å². The number of likely N-dealkylation sites (N-methyl/N-ethyl adjacent to an activating group) is 1. The van der Waals surface area contributed by atoms with E-state index >= 15 is 0 Å². The maximum atomic E-state index is 12.7. The molecule has 0 radical (unpaired) electrons. The first-order valence-corrected chi connectivity index (χ1v) is 10.2. The second-order valence-electron chi connectivity index (χ2n) is 7.98. The molecule has 8 nitrogen and oxygen atoms in total. The molecule has 158 valence electrons. The standard InChI is InChI=1S/C22H28N6O2/c1-15(13-29)24-21-20-19(23-14-27(3)22(20)30)12-18(25-21)16-4-6-17(7-5-16)28-10-8-26(2)9-11-28/h4-7,12,14-15,29H,8-11,13H2,1-3H3,(H,24,25)/t15-/m1/s1. The second kappa shape index (κ2) is 8.41. The molecule has 30 heavy (non-hydrogen) atoms. The van der Waals surface area contributed by atoms with E-state index in [0.29, 0.717) is 16.7 Å². The van der Waals surface area contributed by atoms with E-state index in [4.69, 9.17) is 4.98 Å². The quantitative estimate of drug-likeness (QED) is 0.662. The van der Waals surface area contributed by atoms with Crippen molar-refractivity contribution in [1.29, 1.82) is 0 Å². The van der Waals surface area contributed by atoms with E-state index in [0.717, 1.165) is 37.4 Å². The molecule has 1 aliphatic rings. The molecule has 0 unspecified atom stereocenters. The zero-order valence-corrected chi connectivity index (χ0v) is 17.7. The van der Waals surface area contributed by atoms with Gasteiger partial charge in [0.05, 0.1) is 24.1 Å². The predicted molar refractivity (Wildman–Crippen MR) is 120 cm³/mol. The molecule has 0 spiro atoms. The third-order valence-electron chi connectivity index (χ3n) is 5.59. The molecule has 1 atom stereocenters. The summed E-state index contributed by atoms with van der Waals surface area (Å²) in [7, 11) is 3.81. The van der Waals surface area contributed by atoms with Gasteiger partial charge in [-0.15, -0.1) is 0 Å². The number of aryl methyl sites for hydroxylation is 1. The number of nitrogens with one attached hydrogen (secondary N) is 1. The zero-order chi connectivity index (χ0) is 21.3. The van der Waals surface area contributed by atoms with Crippen molar-refractivity contribution >= 4 is 22.4 Å². The van der Waals surface area contributed by atoms with Crippen LogP contribution in [0.2, 0.25) is 0 Å². The van der Waals surface area contributed by atoms with Crippen molar-refractivity contribution in [2.75, 3.05) is 50.1 Å². The summed E-state index contributed by atoms with van der Waals surface area (Å²) in [6, 6.07) is 9.96. The fourth-order valence-electron chi connectivity index (χ4n) is 3.66. The van der Waals surface area contributed by atoms with Gasteiger partial charge in [-0.05, 0) is 32.2 Å². The number of nitrogens with zero attached hydrogens (tertiary/aromatic N) is 5. The van der Waals surface area contributed by atoms with Gasteiger partial charge in [0.15, 0.2) is 0 Å². The van der Waals surface area contributed by atoms with E-state index in [1.807, 2.05) is 13.0 Å². The summed E-state index contributed by atoms with van der Waals surface area (Å²) in [5.74, 6) is 0.445. The van der Waals surface area contributed by atoms with E-state index in [2.05, 4.69) is 51.4 Å². The molecule has 0 amide bonds. The minimum atomic E-state index is -0.236. The van der Waals surface area contributed by atoms with Crippen molar-refractivity contribution in [3.8, 4) is 11.3 Å². The fraction of sp³-hybridized carbons (Fsp3) is 0.409. The fourth-order valence-corrected chi connectivity index (χ4v) is 3.66. The number of hydrogen-bond donors (Lipinski definition) is 2. The van der Waals surface area contributed by atoms with Crippen LogP contribution in [0.5, 0.6) is 0 Å². The summed E-state index contributed by atoms with van der Waals surface area (Å²) < 4.78 is 1.43. The van der Waals surface area contributed by atoms with Crippen LogP contribution in [0.4, 0.5) is 11.5 Å². The summed E-state index contributed by atoms with van der Waals surface area (Å²) in [6.45, 7) is 5.94. The molecule has 3 heterocycles. The Labute approximate surface area is 175 Å². The van der Waals surface area contributed by atoms with Crippen LogP contribution in [-0.2, 0) is 7.05 Å². The molecule has 1 aromatic carbocycles. The Balaban J connectivity index is 1.72. The zero-order valence-electron chi connectivity index (χ0n) is 17.7. The molecule has 3 aromatic rings. The lowest BCUT2D eigenvalue weighted by molar-refractivity contribution is 0.281. The Kier molecular flexibility index (Phi) is 5.69. The van der Waals surface area contributed by atoms with E-state index < -0.39 is 0 Å². The molecule has 0 saturated carbocycles. The Morgan fingerprint density at radius 2 is 1.83 bits per heavy atom. The molecule has 2 aromatic heterocycles. The normalized spacial score (nSPS) is 16.1. The Morgan fingerprint density at radius 3 is 2.50 bits per heavy atom. The number of fused-ring (bicyclic) bond motifs is 1. The lowest BCUT2D eigenvalue weighted by Crippen LogP contribution is -2.44. The lowest BCUT2D eigenvalue weighted by atomic mass is 10.1. The average molecular weight is 409 g/mol. The number of anilines is 2. The van der Waals surface area contributed by atoms with Crippen LogP contribution in [0.3, 0.4) is 0 Å². The van der Waals surface area contributed by atoms with Crippen molar-refractivity contribution in [3.05, 3.63) is 47.0 Å². The van der Waals surface area contributed by atoms with Crippen molar-refractivity contribution in [2.24, 2.45) is 7.05 Å². The number of aliphatic hydroxyl groups is 1. The number of hydrogen-bond acceptors (Lipinski definition) is 7. The predicted octanol–water partition coefficient (Wildman–Crippen LogP) is 1.54. The van der Waals surface area contributed by atoms with Crippen molar-refractivity contribution < 1.29 is 5.11 Å². The van der Waals surface area contributed by atoms with E-state index in [9.17, 15) is 9.90 Å². The van der Waals surface area contributed by atoms with Crippen LogP contribution >= 0.6 is 0 Å². The van der Waals surface area contributed by atoms with Crippen LogP contribution in [-0.4, -0.2) is 70.4 Å². The third-order valence-corrected chi connectivity index (χ3v) is 5.59. The van der Waals surface area contributed by atoms with Crippen LogP contribution < -0.4 is 15.8 Å². The van der Waals surface area contributed by atoms with Gasteiger partial charge in [0, 0.05) is 50.5 Å². The topological polar surface area (TPSA) is 86.5 Å². The summed E-state index contributed by atoms with van der Waals surface area (Å²) >= 11 is 0. The van der Waals surface area contributed by atoms with Gasteiger partial charge in [0.1, 0.15) is 11.2 Å². The average Bonchev–Trinajstić information content (AvgIpc) is 2.76. The van der Waals surface area contributed by atoms with Crippen molar-refractivity contribution in [1.82, 2.24) is 19.4 Å². The molecule has 0 bridgehead atoms. The molecule has 1 aliphatic heterocycles. The monoisotopic (exact) mass is 408 g/mol. The first kappa shape index (κ1) is 20.3. The Bertz CT molecular complexity index is 1090. The highest BCUT2D eigenvalue weighted by Crippen LogP contribution is 2.27.